The topological polar surface area (TPSA) is 87.7 Å². The number of hydrogen-bond donors (Lipinski definition) is 3. The van der Waals surface area contributed by atoms with Crippen molar-refractivity contribution in [2.24, 2.45) is 5.92 Å². The van der Waals surface area contributed by atoms with Gasteiger partial charge < -0.3 is 20.5 Å². The Hall–Kier alpha value is -1.14. The third kappa shape index (κ3) is 5.01. The van der Waals surface area contributed by atoms with Crippen LogP contribution in [-0.4, -0.2) is 48.8 Å². The lowest BCUT2D eigenvalue weighted by Crippen LogP contribution is -2.42. The molecule has 3 N–H and O–H groups in total. The van der Waals surface area contributed by atoms with E-state index in [1.54, 1.807) is 13.8 Å². The fourth-order valence-corrected chi connectivity index (χ4v) is 1.79. The minimum atomic E-state index is -0.915. The Morgan fingerprint density at radius 3 is 2.56 bits per heavy atom. The van der Waals surface area contributed by atoms with Gasteiger partial charge in [-0.05, 0) is 39.8 Å². The maximum absolute atomic E-state index is 11.6. The van der Waals surface area contributed by atoms with E-state index >= 15 is 0 Å². The first-order valence-electron chi connectivity index (χ1n) is 6.35. The highest BCUT2D eigenvalue weighted by molar-refractivity contribution is 5.78. The second kappa shape index (κ2) is 7.33. The summed E-state index contributed by atoms with van der Waals surface area (Å²) < 4.78 is 5.49. The van der Waals surface area contributed by atoms with Crippen LogP contribution in [0.4, 0.5) is 0 Å². The molecule has 0 aromatic heterocycles. The van der Waals surface area contributed by atoms with Gasteiger partial charge in [0.1, 0.15) is 6.61 Å². The van der Waals surface area contributed by atoms with E-state index in [2.05, 4.69) is 10.6 Å². The molecule has 0 radical (unpaired) electrons. The van der Waals surface area contributed by atoms with Crippen LogP contribution >= 0.6 is 0 Å². The summed E-state index contributed by atoms with van der Waals surface area (Å²) in [6, 6.07) is -0.397. The van der Waals surface area contributed by atoms with E-state index in [9.17, 15) is 9.59 Å². The molecule has 2 atom stereocenters. The zero-order valence-corrected chi connectivity index (χ0v) is 10.9. The van der Waals surface area contributed by atoms with Crippen molar-refractivity contribution in [2.75, 3.05) is 19.7 Å². The molecule has 1 aliphatic rings. The van der Waals surface area contributed by atoms with Gasteiger partial charge in [-0.2, -0.15) is 0 Å². The third-order valence-electron chi connectivity index (χ3n) is 3.26. The molecule has 0 saturated carbocycles. The van der Waals surface area contributed by atoms with Gasteiger partial charge in [0.05, 0.1) is 12.0 Å². The molecule has 6 nitrogen and oxygen atoms in total. The zero-order valence-electron chi connectivity index (χ0n) is 10.9. The number of carbonyl (C=O) groups excluding carboxylic acids is 1. The average Bonchev–Trinajstić information content (AvgIpc) is 2.36. The van der Waals surface area contributed by atoms with Gasteiger partial charge in [-0.3, -0.25) is 9.59 Å². The molecule has 2 unspecified atom stereocenters. The van der Waals surface area contributed by atoms with Gasteiger partial charge in [-0.1, -0.05) is 0 Å². The second-order valence-electron chi connectivity index (χ2n) is 4.74. The summed E-state index contributed by atoms with van der Waals surface area (Å²) in [5.74, 6) is -1.77. The maximum atomic E-state index is 11.6. The Kier molecular flexibility index (Phi) is 6.07. The van der Waals surface area contributed by atoms with Crippen LogP contribution in [0.3, 0.4) is 0 Å². The summed E-state index contributed by atoms with van der Waals surface area (Å²) >= 11 is 0. The predicted molar refractivity (Wildman–Crippen MR) is 66.2 cm³/mol. The van der Waals surface area contributed by atoms with E-state index in [-0.39, 0.29) is 18.6 Å². The minimum absolute atomic E-state index is 0.00134. The smallest absolute Gasteiger partial charge is 0.308 e. The van der Waals surface area contributed by atoms with Crippen LogP contribution < -0.4 is 10.6 Å². The van der Waals surface area contributed by atoms with Crippen LogP contribution in [0.5, 0.6) is 0 Å². The van der Waals surface area contributed by atoms with Crippen LogP contribution in [0.25, 0.3) is 0 Å². The minimum Gasteiger partial charge on any atom is -0.481 e. The van der Waals surface area contributed by atoms with Crippen molar-refractivity contribution in [3.05, 3.63) is 0 Å². The van der Waals surface area contributed by atoms with Gasteiger partial charge in [0.15, 0.2) is 0 Å². The lowest BCUT2D eigenvalue weighted by atomic mass is 10.0. The number of aliphatic carboxylic acids is 1. The Balaban J connectivity index is 2.22. The molecule has 104 valence electrons. The SMILES string of the molecule is CC(NC(=O)COC1CCNCC1)C(C)C(=O)O. The zero-order chi connectivity index (χ0) is 13.5. The number of carboxylic acids is 1. The number of carbonyl (C=O) groups is 2. The lowest BCUT2D eigenvalue weighted by Gasteiger charge is -2.23. The molecule has 18 heavy (non-hydrogen) atoms. The van der Waals surface area contributed by atoms with E-state index in [1.165, 1.54) is 0 Å². The summed E-state index contributed by atoms with van der Waals surface area (Å²) in [5, 5.41) is 14.7. The molecule has 1 rings (SSSR count). The summed E-state index contributed by atoms with van der Waals surface area (Å²) in [4.78, 5) is 22.3. The Morgan fingerprint density at radius 2 is 2.00 bits per heavy atom. The molecule has 0 aliphatic carbocycles. The van der Waals surface area contributed by atoms with Gasteiger partial charge in [-0.15, -0.1) is 0 Å². The Morgan fingerprint density at radius 1 is 1.39 bits per heavy atom. The van der Waals surface area contributed by atoms with E-state index in [0.717, 1.165) is 25.9 Å². The van der Waals surface area contributed by atoms with Crippen molar-refractivity contribution in [3.63, 3.8) is 0 Å². The van der Waals surface area contributed by atoms with Crippen LogP contribution in [-0.2, 0) is 14.3 Å². The molecule has 0 aromatic carbocycles. The standard InChI is InChI=1S/C12H22N2O4/c1-8(12(16)17)9(2)14-11(15)7-18-10-3-5-13-6-4-10/h8-10,13H,3-7H2,1-2H3,(H,14,15)(H,16,17). The van der Waals surface area contributed by atoms with Gasteiger partial charge in [0.2, 0.25) is 5.91 Å². The number of carboxylic acid groups (broad SMARTS) is 1. The Bertz CT molecular complexity index is 290. The molecule has 1 saturated heterocycles. The monoisotopic (exact) mass is 258 g/mol. The van der Waals surface area contributed by atoms with Crippen LogP contribution in [0.15, 0.2) is 0 Å². The van der Waals surface area contributed by atoms with Crippen molar-refractivity contribution < 1.29 is 19.4 Å². The van der Waals surface area contributed by atoms with Crippen molar-refractivity contribution in [1.29, 1.82) is 0 Å². The fraction of sp³-hybridized carbons (Fsp3) is 0.833. The molecule has 1 fully saturated rings. The first-order valence-corrected chi connectivity index (χ1v) is 6.35. The van der Waals surface area contributed by atoms with E-state index < -0.39 is 17.9 Å². The first-order chi connectivity index (χ1) is 8.50. The number of hydrogen-bond acceptors (Lipinski definition) is 4. The quantitative estimate of drug-likeness (QED) is 0.623. The molecule has 1 amide bonds. The third-order valence-corrected chi connectivity index (χ3v) is 3.26. The van der Waals surface area contributed by atoms with Gasteiger partial charge >= 0.3 is 5.97 Å². The van der Waals surface area contributed by atoms with E-state index in [1.807, 2.05) is 0 Å². The molecule has 6 heteroatoms. The number of rotatable bonds is 6. The number of piperidine rings is 1. The van der Waals surface area contributed by atoms with E-state index in [0.29, 0.717) is 0 Å². The summed E-state index contributed by atoms with van der Waals surface area (Å²) in [5.41, 5.74) is 0. The molecule has 1 aliphatic heterocycles. The largest absolute Gasteiger partial charge is 0.481 e. The van der Waals surface area contributed by atoms with Gasteiger partial charge in [0, 0.05) is 6.04 Å². The highest BCUT2D eigenvalue weighted by atomic mass is 16.5. The summed E-state index contributed by atoms with van der Waals surface area (Å²) in [6.07, 6.45) is 1.95. The number of amides is 1. The van der Waals surface area contributed by atoms with Crippen LogP contribution in [0.2, 0.25) is 0 Å². The number of ether oxygens (including phenoxy) is 1. The molecule has 0 spiro atoms. The summed E-state index contributed by atoms with van der Waals surface area (Å²) in [6.45, 7) is 5.08. The van der Waals surface area contributed by atoms with Crippen LogP contribution in [0.1, 0.15) is 26.7 Å². The summed E-state index contributed by atoms with van der Waals surface area (Å²) in [7, 11) is 0. The number of nitrogens with one attached hydrogen (secondary N) is 2. The van der Waals surface area contributed by atoms with Gasteiger partial charge in [-0.25, -0.2) is 0 Å². The van der Waals surface area contributed by atoms with E-state index in [4.69, 9.17) is 9.84 Å². The van der Waals surface area contributed by atoms with Crippen LogP contribution in [0, 0.1) is 5.92 Å². The van der Waals surface area contributed by atoms with Crippen molar-refractivity contribution >= 4 is 11.9 Å². The lowest BCUT2D eigenvalue weighted by molar-refractivity contribution is -0.142. The fourth-order valence-electron chi connectivity index (χ4n) is 1.79. The highest BCUT2D eigenvalue weighted by Gasteiger charge is 2.21. The van der Waals surface area contributed by atoms with Crippen molar-refractivity contribution in [3.8, 4) is 0 Å². The molecule has 0 aromatic rings. The second-order valence-corrected chi connectivity index (χ2v) is 4.74. The molecular weight excluding hydrogens is 236 g/mol. The average molecular weight is 258 g/mol. The molecular formula is C12H22N2O4. The van der Waals surface area contributed by atoms with Crippen molar-refractivity contribution in [2.45, 2.75) is 38.8 Å². The van der Waals surface area contributed by atoms with Gasteiger partial charge in [0.25, 0.3) is 0 Å². The highest BCUT2D eigenvalue weighted by Crippen LogP contribution is 2.07. The van der Waals surface area contributed by atoms with Crippen molar-refractivity contribution in [1.82, 2.24) is 10.6 Å². The molecule has 1 heterocycles. The molecule has 0 bridgehead atoms. The maximum Gasteiger partial charge on any atom is 0.308 e. The normalized spacial score (nSPS) is 20.1. The Labute approximate surface area is 107 Å². The predicted octanol–water partition coefficient (Wildman–Crippen LogP) is -0.0196. The first kappa shape index (κ1) is 14.9.